The molecule has 2 aromatic heterocycles. The van der Waals surface area contributed by atoms with Gasteiger partial charge in [0, 0.05) is 43.2 Å². The number of piperidine rings is 1. The molecular weight excluding hydrogens is 226 g/mol. The van der Waals surface area contributed by atoms with Gasteiger partial charge in [-0.25, -0.2) is 0 Å². The van der Waals surface area contributed by atoms with Gasteiger partial charge in [-0.15, -0.1) is 0 Å². The average molecular weight is 243 g/mol. The van der Waals surface area contributed by atoms with Gasteiger partial charge in [0.25, 0.3) is 0 Å². The molecule has 0 aromatic carbocycles. The Kier molecular flexibility index (Phi) is 2.98. The summed E-state index contributed by atoms with van der Waals surface area (Å²) in [6.07, 6.45) is 5.84. The van der Waals surface area contributed by atoms with Crippen LogP contribution in [0.25, 0.3) is 11.3 Å². The topological polar surface area (TPSA) is 70.8 Å². The van der Waals surface area contributed by atoms with E-state index in [0.717, 1.165) is 43.0 Å². The molecule has 0 radical (unpaired) electrons. The first kappa shape index (κ1) is 11.2. The molecule has 1 unspecified atom stereocenters. The Morgan fingerprint density at radius 2 is 2.39 bits per heavy atom. The third-order valence-corrected chi connectivity index (χ3v) is 3.32. The fourth-order valence-corrected chi connectivity index (χ4v) is 2.36. The van der Waals surface area contributed by atoms with Gasteiger partial charge in [0.15, 0.2) is 5.82 Å². The van der Waals surface area contributed by atoms with Crippen molar-refractivity contribution in [3.63, 3.8) is 0 Å². The highest BCUT2D eigenvalue weighted by Gasteiger charge is 2.19. The van der Waals surface area contributed by atoms with E-state index in [1.165, 1.54) is 0 Å². The van der Waals surface area contributed by atoms with Gasteiger partial charge in [-0.3, -0.25) is 10.1 Å². The summed E-state index contributed by atoms with van der Waals surface area (Å²) in [5, 5.41) is 7.43. The average Bonchev–Trinajstić information content (AvgIpc) is 2.89. The van der Waals surface area contributed by atoms with Gasteiger partial charge in [0.2, 0.25) is 0 Å². The molecule has 1 saturated heterocycles. The Bertz CT molecular complexity index is 507. The maximum atomic E-state index is 5.99. The Balaban J connectivity index is 1.81. The lowest BCUT2D eigenvalue weighted by Crippen LogP contribution is -2.43. The second-order valence-electron chi connectivity index (χ2n) is 4.73. The lowest BCUT2D eigenvalue weighted by Gasteiger charge is -2.30. The number of pyridine rings is 1. The van der Waals surface area contributed by atoms with Crippen molar-refractivity contribution in [3.05, 3.63) is 30.6 Å². The summed E-state index contributed by atoms with van der Waals surface area (Å²) in [4.78, 5) is 6.35. The lowest BCUT2D eigenvalue weighted by molar-refractivity contribution is 0.503. The van der Waals surface area contributed by atoms with Gasteiger partial charge >= 0.3 is 0 Å². The van der Waals surface area contributed by atoms with Gasteiger partial charge in [-0.2, -0.15) is 5.10 Å². The molecule has 1 aliphatic heterocycles. The first-order chi connectivity index (χ1) is 8.83. The Hall–Kier alpha value is -1.88. The maximum absolute atomic E-state index is 5.99. The number of nitrogens with zero attached hydrogens (tertiary/aromatic N) is 3. The van der Waals surface area contributed by atoms with Crippen molar-refractivity contribution in [3.8, 4) is 11.3 Å². The molecule has 1 fully saturated rings. The van der Waals surface area contributed by atoms with Crippen LogP contribution in [0.2, 0.25) is 0 Å². The minimum Gasteiger partial charge on any atom is -0.354 e. The predicted molar refractivity (Wildman–Crippen MR) is 71.2 cm³/mol. The molecular formula is C13H17N5. The van der Waals surface area contributed by atoms with Gasteiger partial charge in [-0.05, 0) is 25.0 Å². The first-order valence-corrected chi connectivity index (χ1v) is 6.29. The molecule has 0 spiro atoms. The van der Waals surface area contributed by atoms with Crippen LogP contribution in [0.3, 0.4) is 0 Å². The number of rotatable bonds is 2. The SMILES string of the molecule is NC1CCCN(c2cc(-c3cccnc3)[nH]n2)C1. The molecule has 0 saturated carbocycles. The number of hydrogen-bond donors (Lipinski definition) is 2. The van der Waals surface area contributed by atoms with Gasteiger partial charge < -0.3 is 10.6 Å². The number of nitrogens with one attached hydrogen (secondary N) is 1. The molecule has 0 aliphatic carbocycles. The standard InChI is InChI=1S/C13H17N5/c14-11-4-2-6-18(9-11)13-7-12(16-17-13)10-3-1-5-15-8-10/h1,3,5,7-8,11H,2,4,6,9,14H2,(H,16,17). The van der Waals surface area contributed by atoms with E-state index in [-0.39, 0.29) is 6.04 Å². The van der Waals surface area contributed by atoms with E-state index in [1.54, 1.807) is 6.20 Å². The van der Waals surface area contributed by atoms with E-state index in [1.807, 2.05) is 18.3 Å². The summed E-state index contributed by atoms with van der Waals surface area (Å²) >= 11 is 0. The van der Waals surface area contributed by atoms with Crippen LogP contribution in [0, 0.1) is 0 Å². The van der Waals surface area contributed by atoms with Crippen LogP contribution in [0.1, 0.15) is 12.8 Å². The van der Waals surface area contributed by atoms with Crippen molar-refractivity contribution in [2.45, 2.75) is 18.9 Å². The van der Waals surface area contributed by atoms with Crippen LogP contribution in [0.15, 0.2) is 30.6 Å². The fraction of sp³-hybridized carbons (Fsp3) is 0.385. The quantitative estimate of drug-likeness (QED) is 0.836. The third kappa shape index (κ3) is 2.22. The second kappa shape index (κ2) is 4.78. The molecule has 0 bridgehead atoms. The molecule has 94 valence electrons. The summed E-state index contributed by atoms with van der Waals surface area (Å²) in [7, 11) is 0. The van der Waals surface area contributed by atoms with Gasteiger partial charge in [0.1, 0.15) is 0 Å². The minimum atomic E-state index is 0.261. The summed E-state index contributed by atoms with van der Waals surface area (Å²) in [5.74, 6) is 0.976. The molecule has 3 rings (SSSR count). The van der Waals surface area contributed by atoms with Gasteiger partial charge in [0.05, 0.1) is 5.69 Å². The predicted octanol–water partition coefficient (Wildman–Crippen LogP) is 1.40. The molecule has 18 heavy (non-hydrogen) atoms. The van der Waals surface area contributed by atoms with Gasteiger partial charge in [-0.1, -0.05) is 0 Å². The Morgan fingerprint density at radius 1 is 1.44 bits per heavy atom. The lowest BCUT2D eigenvalue weighted by atomic mass is 10.1. The molecule has 3 heterocycles. The zero-order chi connectivity index (χ0) is 12.4. The van der Waals surface area contributed by atoms with E-state index in [9.17, 15) is 0 Å². The van der Waals surface area contributed by atoms with Crippen molar-refractivity contribution in [2.24, 2.45) is 5.73 Å². The highest BCUT2D eigenvalue weighted by Crippen LogP contribution is 2.23. The number of nitrogens with two attached hydrogens (primary N) is 1. The zero-order valence-electron chi connectivity index (χ0n) is 10.2. The maximum Gasteiger partial charge on any atom is 0.151 e. The molecule has 5 heteroatoms. The first-order valence-electron chi connectivity index (χ1n) is 6.29. The van der Waals surface area contributed by atoms with E-state index < -0.39 is 0 Å². The molecule has 1 aliphatic rings. The third-order valence-electron chi connectivity index (χ3n) is 3.32. The monoisotopic (exact) mass is 243 g/mol. The fourth-order valence-electron chi connectivity index (χ4n) is 2.36. The highest BCUT2D eigenvalue weighted by molar-refractivity contribution is 5.62. The van der Waals surface area contributed by atoms with Crippen LogP contribution in [0.5, 0.6) is 0 Å². The number of aromatic amines is 1. The number of aromatic nitrogens is 3. The smallest absolute Gasteiger partial charge is 0.151 e. The van der Waals surface area contributed by atoms with E-state index >= 15 is 0 Å². The number of H-pyrrole nitrogens is 1. The van der Waals surface area contributed by atoms with E-state index in [2.05, 4.69) is 26.1 Å². The molecule has 1 atom stereocenters. The van der Waals surface area contributed by atoms with Crippen molar-refractivity contribution < 1.29 is 0 Å². The Morgan fingerprint density at radius 3 is 3.17 bits per heavy atom. The normalized spacial score (nSPS) is 20.1. The number of anilines is 1. The van der Waals surface area contributed by atoms with E-state index in [0.29, 0.717) is 0 Å². The van der Waals surface area contributed by atoms with Crippen molar-refractivity contribution in [1.82, 2.24) is 15.2 Å². The van der Waals surface area contributed by atoms with Crippen LogP contribution in [0.4, 0.5) is 5.82 Å². The summed E-state index contributed by atoms with van der Waals surface area (Å²) in [6, 6.07) is 6.27. The molecule has 2 aromatic rings. The zero-order valence-corrected chi connectivity index (χ0v) is 10.2. The van der Waals surface area contributed by atoms with Crippen molar-refractivity contribution in [1.29, 1.82) is 0 Å². The van der Waals surface area contributed by atoms with Crippen LogP contribution >= 0.6 is 0 Å². The van der Waals surface area contributed by atoms with E-state index in [4.69, 9.17) is 5.73 Å². The van der Waals surface area contributed by atoms with Crippen LogP contribution in [-0.4, -0.2) is 34.3 Å². The van der Waals surface area contributed by atoms with Crippen molar-refractivity contribution >= 4 is 5.82 Å². The molecule has 0 amide bonds. The van der Waals surface area contributed by atoms with Crippen LogP contribution < -0.4 is 10.6 Å². The van der Waals surface area contributed by atoms with Crippen molar-refractivity contribution in [2.75, 3.05) is 18.0 Å². The second-order valence-corrected chi connectivity index (χ2v) is 4.73. The summed E-state index contributed by atoms with van der Waals surface area (Å²) in [5.41, 5.74) is 8.04. The summed E-state index contributed by atoms with van der Waals surface area (Å²) in [6.45, 7) is 1.92. The summed E-state index contributed by atoms with van der Waals surface area (Å²) < 4.78 is 0. The highest BCUT2D eigenvalue weighted by atomic mass is 15.3. The van der Waals surface area contributed by atoms with Crippen LogP contribution in [-0.2, 0) is 0 Å². The molecule has 5 nitrogen and oxygen atoms in total. The molecule has 3 N–H and O–H groups in total. The minimum absolute atomic E-state index is 0.261. The largest absolute Gasteiger partial charge is 0.354 e. The Labute approximate surface area is 106 Å². The number of hydrogen-bond acceptors (Lipinski definition) is 4.